The first kappa shape index (κ1) is 18.7. The van der Waals surface area contributed by atoms with E-state index in [1.807, 2.05) is 0 Å². The van der Waals surface area contributed by atoms with Crippen LogP contribution in [-0.4, -0.2) is 39.1 Å². The van der Waals surface area contributed by atoms with Gasteiger partial charge in [0.1, 0.15) is 11.5 Å². The van der Waals surface area contributed by atoms with Crippen molar-refractivity contribution in [2.45, 2.75) is 57.7 Å². The minimum absolute atomic E-state index is 0.147. The summed E-state index contributed by atoms with van der Waals surface area (Å²) in [6.45, 7) is 1.61. The summed E-state index contributed by atoms with van der Waals surface area (Å²) in [4.78, 5) is 27.3. The van der Waals surface area contributed by atoms with E-state index in [-0.39, 0.29) is 23.7 Å². The molecule has 0 radical (unpaired) electrons. The number of aromatic nitrogens is 2. The fourth-order valence-electron chi connectivity index (χ4n) is 4.01. The molecular formula is C21H25FN4O2. The Balaban J connectivity index is 1.48. The van der Waals surface area contributed by atoms with Crippen molar-refractivity contribution in [3.8, 4) is 0 Å². The molecule has 28 heavy (non-hydrogen) atoms. The molecule has 2 heterocycles. The average Bonchev–Trinajstić information content (AvgIpc) is 3.08. The van der Waals surface area contributed by atoms with Crippen molar-refractivity contribution in [3.63, 3.8) is 0 Å². The van der Waals surface area contributed by atoms with Crippen LogP contribution in [0, 0.1) is 5.82 Å². The molecule has 2 aliphatic rings. The summed E-state index contributed by atoms with van der Waals surface area (Å²) < 4.78 is 14.8. The van der Waals surface area contributed by atoms with Crippen LogP contribution in [0.4, 0.5) is 4.39 Å². The number of rotatable bonds is 4. The second-order valence-electron chi connectivity index (χ2n) is 7.65. The van der Waals surface area contributed by atoms with Crippen LogP contribution >= 0.6 is 0 Å². The minimum atomic E-state index is -0.294. The monoisotopic (exact) mass is 384 g/mol. The number of carbonyl (C=O) groups is 2. The normalized spacial score (nSPS) is 17.9. The highest BCUT2D eigenvalue weighted by atomic mass is 19.1. The van der Waals surface area contributed by atoms with E-state index in [0.717, 1.165) is 37.7 Å². The number of nitrogens with one attached hydrogen (secondary N) is 1. The van der Waals surface area contributed by atoms with Gasteiger partial charge in [0.05, 0.1) is 0 Å². The van der Waals surface area contributed by atoms with Crippen molar-refractivity contribution in [1.29, 1.82) is 0 Å². The van der Waals surface area contributed by atoms with E-state index < -0.39 is 0 Å². The van der Waals surface area contributed by atoms with Crippen LogP contribution in [0.25, 0.3) is 0 Å². The Hall–Kier alpha value is -2.70. The largest absolute Gasteiger partial charge is 0.348 e. The third-order valence-corrected chi connectivity index (χ3v) is 5.54. The van der Waals surface area contributed by atoms with Crippen LogP contribution in [0.5, 0.6) is 0 Å². The molecule has 0 saturated heterocycles. The van der Waals surface area contributed by atoms with E-state index in [1.54, 1.807) is 27.8 Å². The van der Waals surface area contributed by atoms with Gasteiger partial charge in [-0.25, -0.2) is 4.39 Å². The zero-order chi connectivity index (χ0) is 19.5. The van der Waals surface area contributed by atoms with Gasteiger partial charge in [0, 0.05) is 31.7 Å². The maximum absolute atomic E-state index is 13.1. The van der Waals surface area contributed by atoms with Crippen molar-refractivity contribution < 1.29 is 14.0 Å². The van der Waals surface area contributed by atoms with Gasteiger partial charge >= 0.3 is 0 Å². The molecule has 0 bridgehead atoms. The average molecular weight is 384 g/mol. The number of aryl methyl sites for hydroxylation is 1. The Bertz CT molecular complexity index is 856. The maximum Gasteiger partial charge on any atom is 0.272 e. The first-order valence-corrected chi connectivity index (χ1v) is 10.0. The SMILES string of the molecule is O=C(NC1CCCCC1)c1cc2n(n1)CCCN(Cc1ccc(F)cc1)C2=O. The van der Waals surface area contributed by atoms with E-state index in [4.69, 9.17) is 0 Å². The first-order chi connectivity index (χ1) is 13.6. The molecule has 1 aromatic carbocycles. The smallest absolute Gasteiger partial charge is 0.272 e. The van der Waals surface area contributed by atoms with Gasteiger partial charge in [-0.1, -0.05) is 31.4 Å². The molecule has 2 aromatic rings. The molecule has 1 N–H and O–H groups in total. The zero-order valence-corrected chi connectivity index (χ0v) is 15.9. The predicted octanol–water partition coefficient (Wildman–Crippen LogP) is 3.13. The third kappa shape index (κ3) is 4.08. The molecule has 1 fully saturated rings. The van der Waals surface area contributed by atoms with Gasteiger partial charge in [-0.15, -0.1) is 0 Å². The Morgan fingerprint density at radius 2 is 1.86 bits per heavy atom. The molecule has 1 aromatic heterocycles. The number of halogens is 1. The van der Waals surface area contributed by atoms with Crippen molar-refractivity contribution in [1.82, 2.24) is 20.0 Å². The van der Waals surface area contributed by atoms with Crippen LogP contribution in [0.1, 0.15) is 65.1 Å². The van der Waals surface area contributed by atoms with E-state index in [2.05, 4.69) is 10.4 Å². The summed E-state index contributed by atoms with van der Waals surface area (Å²) in [5.74, 6) is -0.644. The molecule has 2 amide bonds. The maximum atomic E-state index is 13.1. The molecule has 4 rings (SSSR count). The molecule has 0 unspecified atom stereocenters. The lowest BCUT2D eigenvalue weighted by Gasteiger charge is -2.22. The lowest BCUT2D eigenvalue weighted by atomic mass is 9.95. The van der Waals surface area contributed by atoms with E-state index in [1.165, 1.54) is 18.6 Å². The highest BCUT2D eigenvalue weighted by Crippen LogP contribution is 2.19. The molecule has 1 aliphatic carbocycles. The summed E-state index contributed by atoms with van der Waals surface area (Å²) in [5, 5.41) is 7.44. The highest BCUT2D eigenvalue weighted by molar-refractivity contribution is 5.98. The van der Waals surface area contributed by atoms with E-state index >= 15 is 0 Å². The van der Waals surface area contributed by atoms with Crippen LogP contribution in [-0.2, 0) is 13.1 Å². The topological polar surface area (TPSA) is 67.2 Å². The van der Waals surface area contributed by atoms with Crippen LogP contribution in [0.2, 0.25) is 0 Å². The molecule has 6 nitrogen and oxygen atoms in total. The highest BCUT2D eigenvalue weighted by Gasteiger charge is 2.27. The summed E-state index contributed by atoms with van der Waals surface area (Å²) in [6, 6.07) is 7.98. The van der Waals surface area contributed by atoms with Crippen molar-refractivity contribution in [2.24, 2.45) is 0 Å². The number of carbonyl (C=O) groups excluding carboxylic acids is 2. The van der Waals surface area contributed by atoms with E-state index in [0.29, 0.717) is 31.0 Å². The van der Waals surface area contributed by atoms with Crippen molar-refractivity contribution >= 4 is 11.8 Å². The summed E-state index contributed by atoms with van der Waals surface area (Å²) in [6.07, 6.45) is 6.27. The number of hydrogen-bond donors (Lipinski definition) is 1. The number of amides is 2. The molecular weight excluding hydrogens is 359 g/mol. The van der Waals surface area contributed by atoms with Crippen LogP contribution < -0.4 is 5.32 Å². The standard InChI is InChI=1S/C21H25FN4O2/c22-16-9-7-15(8-10-16)14-25-11-4-12-26-19(21(25)28)13-18(24-26)20(27)23-17-5-2-1-3-6-17/h7-10,13,17H,1-6,11-12,14H2,(H,23,27). The Morgan fingerprint density at radius 1 is 1.11 bits per heavy atom. The second kappa shape index (κ2) is 8.12. The van der Waals surface area contributed by atoms with Gasteiger partial charge in [-0.2, -0.15) is 5.10 Å². The molecule has 7 heteroatoms. The lowest BCUT2D eigenvalue weighted by molar-refractivity contribution is 0.0745. The minimum Gasteiger partial charge on any atom is -0.348 e. The number of nitrogens with zero attached hydrogens (tertiary/aromatic N) is 3. The van der Waals surface area contributed by atoms with Gasteiger partial charge in [0.2, 0.25) is 0 Å². The Labute approximate surface area is 163 Å². The number of fused-ring (bicyclic) bond motifs is 1. The zero-order valence-electron chi connectivity index (χ0n) is 15.9. The molecule has 148 valence electrons. The molecule has 1 saturated carbocycles. The molecule has 1 aliphatic heterocycles. The predicted molar refractivity (Wildman–Crippen MR) is 102 cm³/mol. The summed E-state index contributed by atoms with van der Waals surface area (Å²) in [7, 11) is 0. The van der Waals surface area contributed by atoms with Crippen LogP contribution in [0.15, 0.2) is 30.3 Å². The fourth-order valence-corrected chi connectivity index (χ4v) is 4.01. The van der Waals surface area contributed by atoms with Crippen molar-refractivity contribution in [3.05, 3.63) is 53.1 Å². The van der Waals surface area contributed by atoms with Gasteiger partial charge in [0.15, 0.2) is 5.69 Å². The summed E-state index contributed by atoms with van der Waals surface area (Å²) in [5.41, 5.74) is 1.61. The Kier molecular flexibility index (Phi) is 5.41. The fraction of sp³-hybridized carbons (Fsp3) is 0.476. The quantitative estimate of drug-likeness (QED) is 0.881. The van der Waals surface area contributed by atoms with Crippen LogP contribution in [0.3, 0.4) is 0 Å². The Morgan fingerprint density at radius 3 is 2.61 bits per heavy atom. The summed E-state index contributed by atoms with van der Waals surface area (Å²) >= 11 is 0. The number of hydrogen-bond acceptors (Lipinski definition) is 3. The van der Waals surface area contributed by atoms with Gasteiger partial charge < -0.3 is 10.2 Å². The first-order valence-electron chi connectivity index (χ1n) is 10.0. The van der Waals surface area contributed by atoms with Gasteiger partial charge in [-0.3, -0.25) is 14.3 Å². The molecule has 0 spiro atoms. The lowest BCUT2D eigenvalue weighted by Crippen LogP contribution is -2.36. The number of benzene rings is 1. The van der Waals surface area contributed by atoms with Gasteiger partial charge in [0.25, 0.3) is 11.8 Å². The van der Waals surface area contributed by atoms with Gasteiger partial charge in [-0.05, 0) is 37.0 Å². The second-order valence-corrected chi connectivity index (χ2v) is 7.65. The van der Waals surface area contributed by atoms with Crippen molar-refractivity contribution in [2.75, 3.05) is 6.54 Å². The van der Waals surface area contributed by atoms with E-state index in [9.17, 15) is 14.0 Å². The third-order valence-electron chi connectivity index (χ3n) is 5.54. The molecule has 0 atom stereocenters.